The molecule has 2 bridgehead atoms. The molecule has 5 heteroatoms. The van der Waals surface area contributed by atoms with E-state index in [2.05, 4.69) is 10.6 Å². The fraction of sp³-hybridized carbons (Fsp3) is 0.632. The van der Waals surface area contributed by atoms with Gasteiger partial charge in [0.1, 0.15) is 5.75 Å². The van der Waals surface area contributed by atoms with Crippen LogP contribution < -0.4 is 15.4 Å². The minimum Gasteiger partial charge on any atom is -0.493 e. The quantitative estimate of drug-likeness (QED) is 0.719. The first-order valence-electron chi connectivity index (χ1n) is 9.00. The van der Waals surface area contributed by atoms with Gasteiger partial charge in [0.2, 0.25) is 5.91 Å². The van der Waals surface area contributed by atoms with Crippen LogP contribution >= 0.6 is 0 Å². The number of ether oxygens (including phenoxy) is 2. The Morgan fingerprint density at radius 3 is 2.79 bits per heavy atom. The number of hydrogen-bond donors (Lipinski definition) is 2. The summed E-state index contributed by atoms with van der Waals surface area (Å²) >= 11 is 0. The molecule has 2 heterocycles. The second-order valence-corrected chi connectivity index (χ2v) is 6.95. The van der Waals surface area contributed by atoms with Gasteiger partial charge in [-0.1, -0.05) is 6.07 Å². The molecule has 2 N–H and O–H groups in total. The van der Waals surface area contributed by atoms with Crippen molar-refractivity contribution in [1.82, 2.24) is 5.32 Å². The first-order valence-corrected chi connectivity index (χ1v) is 9.00. The van der Waals surface area contributed by atoms with E-state index >= 15 is 0 Å². The second kappa shape index (κ2) is 8.49. The Hall–Kier alpha value is -1.59. The highest BCUT2D eigenvalue weighted by Gasteiger charge is 2.34. The lowest BCUT2D eigenvalue weighted by atomic mass is 9.89. The summed E-state index contributed by atoms with van der Waals surface area (Å²) < 4.78 is 10.7. The predicted molar refractivity (Wildman–Crippen MR) is 94.3 cm³/mol. The monoisotopic (exact) mass is 332 g/mol. The third-order valence-corrected chi connectivity index (χ3v) is 4.92. The Morgan fingerprint density at radius 1 is 1.25 bits per heavy atom. The molecule has 2 atom stereocenters. The number of carbonyl (C=O) groups excluding carboxylic acids is 1. The van der Waals surface area contributed by atoms with Crippen LogP contribution in [0.15, 0.2) is 24.3 Å². The highest BCUT2D eigenvalue weighted by molar-refractivity contribution is 5.91. The third-order valence-electron chi connectivity index (χ3n) is 4.92. The average molecular weight is 332 g/mol. The zero-order valence-corrected chi connectivity index (χ0v) is 14.4. The van der Waals surface area contributed by atoms with Crippen molar-refractivity contribution in [2.24, 2.45) is 5.92 Å². The van der Waals surface area contributed by atoms with Crippen LogP contribution in [0, 0.1) is 5.92 Å². The van der Waals surface area contributed by atoms with Crippen molar-refractivity contribution in [3.05, 3.63) is 24.3 Å². The molecule has 3 rings (SSSR count). The number of benzene rings is 1. The van der Waals surface area contributed by atoms with Gasteiger partial charge >= 0.3 is 0 Å². The number of nitrogens with one attached hydrogen (secondary N) is 2. The Labute approximate surface area is 144 Å². The number of amides is 1. The van der Waals surface area contributed by atoms with E-state index < -0.39 is 0 Å². The molecule has 2 fully saturated rings. The van der Waals surface area contributed by atoms with Crippen LogP contribution in [0.1, 0.15) is 38.5 Å². The van der Waals surface area contributed by atoms with E-state index in [1.807, 2.05) is 24.3 Å². The van der Waals surface area contributed by atoms with Crippen LogP contribution in [0.2, 0.25) is 0 Å². The van der Waals surface area contributed by atoms with Gasteiger partial charge in [0.05, 0.1) is 6.61 Å². The maximum Gasteiger partial charge on any atom is 0.224 e. The van der Waals surface area contributed by atoms with Crippen molar-refractivity contribution in [2.45, 2.75) is 50.6 Å². The Bertz CT molecular complexity index is 537. The van der Waals surface area contributed by atoms with Crippen LogP contribution in [0.25, 0.3) is 0 Å². The molecule has 0 aromatic heterocycles. The average Bonchev–Trinajstić information content (AvgIpc) is 2.90. The summed E-state index contributed by atoms with van der Waals surface area (Å²) in [5.74, 6) is 1.40. The summed E-state index contributed by atoms with van der Waals surface area (Å²) in [6.07, 6.45) is 6.27. The van der Waals surface area contributed by atoms with Crippen LogP contribution in [0.3, 0.4) is 0 Å². The minimum atomic E-state index is 0.109. The summed E-state index contributed by atoms with van der Waals surface area (Å²) in [6, 6.07) is 8.87. The molecule has 0 spiro atoms. The van der Waals surface area contributed by atoms with Gasteiger partial charge in [0.15, 0.2) is 0 Å². The van der Waals surface area contributed by atoms with Crippen molar-refractivity contribution in [1.29, 1.82) is 0 Å². The summed E-state index contributed by atoms with van der Waals surface area (Å²) in [4.78, 5) is 12.3. The van der Waals surface area contributed by atoms with E-state index in [0.717, 1.165) is 30.7 Å². The maximum atomic E-state index is 12.3. The molecule has 2 unspecified atom stereocenters. The number of carbonyl (C=O) groups is 1. The van der Waals surface area contributed by atoms with Gasteiger partial charge < -0.3 is 20.1 Å². The number of piperidine rings is 1. The lowest BCUT2D eigenvalue weighted by molar-refractivity contribution is -0.117. The van der Waals surface area contributed by atoms with Crippen LogP contribution in [0.4, 0.5) is 5.69 Å². The minimum absolute atomic E-state index is 0.109. The lowest BCUT2D eigenvalue weighted by Crippen LogP contribution is -2.39. The van der Waals surface area contributed by atoms with Crippen molar-refractivity contribution in [2.75, 3.05) is 25.6 Å². The summed E-state index contributed by atoms with van der Waals surface area (Å²) in [5, 5.41) is 6.64. The van der Waals surface area contributed by atoms with Crippen LogP contribution in [-0.2, 0) is 9.53 Å². The molecule has 5 nitrogen and oxygen atoms in total. The summed E-state index contributed by atoms with van der Waals surface area (Å²) in [6.45, 7) is 1.30. The Kier molecular flexibility index (Phi) is 6.10. The first kappa shape index (κ1) is 17.2. The van der Waals surface area contributed by atoms with Gasteiger partial charge in [-0.3, -0.25) is 4.79 Å². The van der Waals surface area contributed by atoms with Gasteiger partial charge in [-0.05, 0) is 43.7 Å². The van der Waals surface area contributed by atoms with Gasteiger partial charge in [0.25, 0.3) is 0 Å². The van der Waals surface area contributed by atoms with E-state index in [0.29, 0.717) is 37.6 Å². The van der Waals surface area contributed by atoms with Gasteiger partial charge in [-0.25, -0.2) is 0 Å². The van der Waals surface area contributed by atoms with E-state index in [1.54, 1.807) is 7.11 Å². The number of anilines is 1. The second-order valence-electron chi connectivity index (χ2n) is 6.95. The molecule has 2 saturated heterocycles. The standard InChI is InChI=1S/C19H28N2O3/c1-23-8-3-9-24-18-5-2-4-15(13-18)21-19(22)12-14-10-16-6-7-17(11-14)20-16/h2,4-5,13-14,16-17,20H,3,6-12H2,1H3,(H,21,22). The molecule has 1 aromatic rings. The van der Waals surface area contributed by atoms with Crippen molar-refractivity contribution in [3.63, 3.8) is 0 Å². The van der Waals surface area contributed by atoms with Gasteiger partial charge in [-0.2, -0.15) is 0 Å². The molecule has 1 aromatic carbocycles. The Balaban J connectivity index is 1.45. The zero-order chi connectivity index (χ0) is 16.8. The third kappa shape index (κ3) is 4.95. The fourth-order valence-electron chi connectivity index (χ4n) is 3.87. The molecule has 2 aliphatic heterocycles. The normalized spacial score (nSPS) is 25.5. The van der Waals surface area contributed by atoms with E-state index in [4.69, 9.17) is 9.47 Å². The molecule has 0 radical (unpaired) electrons. The fourth-order valence-corrected chi connectivity index (χ4v) is 3.87. The molecular formula is C19H28N2O3. The van der Waals surface area contributed by atoms with Crippen molar-refractivity contribution in [3.8, 4) is 5.75 Å². The molecule has 24 heavy (non-hydrogen) atoms. The molecule has 1 amide bonds. The number of fused-ring (bicyclic) bond motifs is 2. The van der Waals surface area contributed by atoms with Crippen molar-refractivity contribution < 1.29 is 14.3 Å². The smallest absolute Gasteiger partial charge is 0.224 e. The SMILES string of the molecule is COCCCOc1cccc(NC(=O)CC2CC3CCC(C2)N3)c1. The van der Waals surface area contributed by atoms with Crippen LogP contribution in [-0.4, -0.2) is 38.3 Å². The number of methoxy groups -OCH3 is 1. The number of rotatable bonds is 8. The predicted octanol–water partition coefficient (Wildman–Crippen LogP) is 2.96. The lowest BCUT2D eigenvalue weighted by Gasteiger charge is -2.28. The van der Waals surface area contributed by atoms with E-state index in [1.165, 1.54) is 12.8 Å². The molecule has 0 aliphatic carbocycles. The van der Waals surface area contributed by atoms with Gasteiger partial charge in [0, 0.05) is 50.4 Å². The first-order chi connectivity index (χ1) is 11.7. The van der Waals surface area contributed by atoms with Crippen molar-refractivity contribution >= 4 is 11.6 Å². The molecule has 0 saturated carbocycles. The summed E-state index contributed by atoms with van der Waals surface area (Å²) in [5.41, 5.74) is 0.807. The maximum absolute atomic E-state index is 12.3. The Morgan fingerprint density at radius 2 is 2.04 bits per heavy atom. The van der Waals surface area contributed by atoms with Gasteiger partial charge in [-0.15, -0.1) is 0 Å². The van der Waals surface area contributed by atoms with E-state index in [9.17, 15) is 4.79 Å². The topological polar surface area (TPSA) is 59.6 Å². The number of hydrogen-bond acceptors (Lipinski definition) is 4. The molecule has 132 valence electrons. The molecule has 2 aliphatic rings. The largest absolute Gasteiger partial charge is 0.493 e. The summed E-state index contributed by atoms with van der Waals surface area (Å²) in [7, 11) is 1.68. The van der Waals surface area contributed by atoms with E-state index in [-0.39, 0.29) is 5.91 Å². The highest BCUT2D eigenvalue weighted by Crippen LogP contribution is 2.32. The molecular weight excluding hydrogens is 304 g/mol. The van der Waals surface area contributed by atoms with Crippen LogP contribution in [0.5, 0.6) is 5.75 Å². The highest BCUT2D eigenvalue weighted by atomic mass is 16.5. The zero-order valence-electron chi connectivity index (χ0n) is 14.4.